The number of ether oxygens (including phenoxy) is 1. The Kier molecular flexibility index (Phi) is 8.48. The highest BCUT2D eigenvalue weighted by atomic mass is 32.2. The minimum Gasteiger partial charge on any atom is -0.465 e. The first-order chi connectivity index (χ1) is 18.2. The van der Waals surface area contributed by atoms with E-state index in [9.17, 15) is 13.2 Å². The van der Waals surface area contributed by atoms with Crippen molar-refractivity contribution in [3.8, 4) is 0 Å². The largest absolute Gasteiger partial charge is 0.465 e. The molecule has 0 aliphatic carbocycles. The lowest BCUT2D eigenvalue weighted by Gasteiger charge is -2.27. The number of hydrogen-bond acceptors (Lipinski definition) is 7. The summed E-state index contributed by atoms with van der Waals surface area (Å²) in [5, 5.41) is 12.6. The van der Waals surface area contributed by atoms with Gasteiger partial charge in [-0.25, -0.2) is 12.8 Å². The lowest BCUT2D eigenvalue weighted by molar-refractivity contribution is -0.139. The Morgan fingerprint density at radius 1 is 1.11 bits per heavy atom. The fourth-order valence-corrected chi connectivity index (χ4v) is 5.82. The molecule has 0 atom stereocenters. The van der Waals surface area contributed by atoms with E-state index in [1.165, 1.54) is 6.07 Å². The molecule has 202 valence electrons. The molecule has 1 fully saturated rings. The molecule has 3 aromatic carbocycles. The number of amidine groups is 1. The van der Waals surface area contributed by atoms with E-state index < -0.39 is 27.6 Å². The van der Waals surface area contributed by atoms with Gasteiger partial charge in [0.15, 0.2) is 5.75 Å². The van der Waals surface area contributed by atoms with Crippen LogP contribution in [0.2, 0.25) is 0 Å². The third-order valence-electron chi connectivity index (χ3n) is 6.38. The van der Waals surface area contributed by atoms with Gasteiger partial charge in [-0.2, -0.15) is 0 Å². The van der Waals surface area contributed by atoms with Crippen molar-refractivity contribution < 1.29 is 22.3 Å². The van der Waals surface area contributed by atoms with Gasteiger partial charge in [-0.15, -0.1) is 0 Å². The fourth-order valence-electron chi connectivity index (χ4n) is 4.50. The summed E-state index contributed by atoms with van der Waals surface area (Å²) in [7, 11) is -4.22. The number of rotatable bonds is 9. The molecule has 11 heteroatoms. The van der Waals surface area contributed by atoms with E-state index in [-0.39, 0.29) is 24.7 Å². The molecular formula is C27H32FN5O4S. The Labute approximate surface area is 221 Å². The van der Waals surface area contributed by atoms with Gasteiger partial charge in [-0.3, -0.25) is 14.5 Å². The zero-order valence-electron chi connectivity index (χ0n) is 21.2. The van der Waals surface area contributed by atoms with E-state index in [0.717, 1.165) is 34.6 Å². The van der Waals surface area contributed by atoms with Crippen molar-refractivity contribution in [2.45, 2.75) is 19.9 Å². The third-order valence-corrected chi connectivity index (χ3v) is 8.00. The number of carbonyl (C=O) groups excluding carboxylic acids is 1. The lowest BCUT2D eigenvalue weighted by Crippen LogP contribution is -2.36. The van der Waals surface area contributed by atoms with Crippen molar-refractivity contribution in [1.82, 2.24) is 5.32 Å². The van der Waals surface area contributed by atoms with Crippen LogP contribution in [-0.4, -0.2) is 58.8 Å². The molecule has 4 N–H and O–H groups in total. The number of fused-ring (bicyclic) bond motifs is 1. The highest BCUT2D eigenvalue weighted by molar-refractivity contribution is 7.93. The third kappa shape index (κ3) is 6.40. The van der Waals surface area contributed by atoms with Crippen LogP contribution in [-0.2, 0) is 26.1 Å². The second-order valence-corrected chi connectivity index (χ2v) is 11.0. The molecule has 0 unspecified atom stereocenters. The van der Waals surface area contributed by atoms with Crippen LogP contribution in [0.1, 0.15) is 24.5 Å². The van der Waals surface area contributed by atoms with Crippen molar-refractivity contribution in [3.63, 3.8) is 0 Å². The van der Waals surface area contributed by atoms with Crippen LogP contribution < -0.4 is 20.3 Å². The van der Waals surface area contributed by atoms with Crippen LogP contribution in [0.25, 0.3) is 10.8 Å². The standard InChI is InChI=1S/C27H32FN5O4S/c1-2-37-26(34)18-38(35,36)33(17-19-4-5-20-6-7-21(27(29)30)15-22(20)14-19)23-8-9-25(24(28)16-23)32-12-3-10-31-11-13-32/h4-9,14-16,31H,2-3,10-13,17-18H2,1H3,(H3,29,30). The molecule has 0 saturated carbocycles. The van der Waals surface area contributed by atoms with Crippen molar-refractivity contribution in [2.24, 2.45) is 5.73 Å². The molecule has 1 saturated heterocycles. The van der Waals surface area contributed by atoms with E-state index in [4.69, 9.17) is 15.9 Å². The topological polar surface area (TPSA) is 129 Å². The zero-order chi connectivity index (χ0) is 27.3. The van der Waals surface area contributed by atoms with E-state index >= 15 is 4.39 Å². The number of anilines is 2. The number of benzene rings is 3. The molecular weight excluding hydrogens is 509 g/mol. The maximum Gasteiger partial charge on any atom is 0.323 e. The molecule has 0 amide bonds. The van der Waals surface area contributed by atoms with Gasteiger partial charge in [-0.05, 0) is 60.5 Å². The number of nitrogens with zero attached hydrogens (tertiary/aromatic N) is 2. The molecule has 38 heavy (non-hydrogen) atoms. The number of hydrogen-bond donors (Lipinski definition) is 3. The molecule has 0 spiro atoms. The first-order valence-electron chi connectivity index (χ1n) is 12.5. The minimum atomic E-state index is -4.22. The molecule has 9 nitrogen and oxygen atoms in total. The average Bonchev–Trinajstić information content (AvgIpc) is 3.16. The Balaban J connectivity index is 1.71. The highest BCUT2D eigenvalue weighted by Crippen LogP contribution is 2.29. The Morgan fingerprint density at radius 2 is 1.89 bits per heavy atom. The van der Waals surface area contributed by atoms with Gasteiger partial charge in [0.05, 0.1) is 24.5 Å². The van der Waals surface area contributed by atoms with Gasteiger partial charge < -0.3 is 20.7 Å². The quantitative estimate of drug-likeness (QED) is 0.216. The van der Waals surface area contributed by atoms with Gasteiger partial charge in [0.1, 0.15) is 11.7 Å². The summed E-state index contributed by atoms with van der Waals surface area (Å²) >= 11 is 0. The van der Waals surface area contributed by atoms with Gasteiger partial charge in [0, 0.05) is 31.3 Å². The van der Waals surface area contributed by atoms with Crippen LogP contribution in [0.4, 0.5) is 15.8 Å². The van der Waals surface area contributed by atoms with Gasteiger partial charge >= 0.3 is 5.97 Å². The Morgan fingerprint density at radius 3 is 2.63 bits per heavy atom. The van der Waals surface area contributed by atoms with Crippen molar-refractivity contribution in [2.75, 3.05) is 47.7 Å². The van der Waals surface area contributed by atoms with Crippen LogP contribution in [0.5, 0.6) is 0 Å². The number of nitrogen functional groups attached to an aromatic ring is 1. The molecule has 0 radical (unpaired) electrons. The summed E-state index contributed by atoms with van der Waals surface area (Å²) in [6, 6.07) is 15.1. The molecule has 0 aromatic heterocycles. The number of sulfonamides is 1. The maximum atomic E-state index is 15.4. The number of nitrogens with one attached hydrogen (secondary N) is 2. The second-order valence-electron chi connectivity index (χ2n) is 9.10. The molecule has 0 bridgehead atoms. The van der Waals surface area contributed by atoms with E-state index in [2.05, 4.69) is 5.32 Å². The van der Waals surface area contributed by atoms with Crippen LogP contribution in [0.15, 0.2) is 54.6 Å². The van der Waals surface area contributed by atoms with Crippen molar-refractivity contribution in [1.29, 1.82) is 5.41 Å². The second kappa shape index (κ2) is 11.8. The Hall–Kier alpha value is -3.70. The molecule has 4 rings (SSSR count). The summed E-state index contributed by atoms with van der Waals surface area (Å²) < 4.78 is 48.1. The number of esters is 1. The molecule has 1 heterocycles. The van der Waals surface area contributed by atoms with Gasteiger partial charge in [-0.1, -0.05) is 24.3 Å². The zero-order valence-corrected chi connectivity index (χ0v) is 22.1. The average molecular weight is 542 g/mol. The van der Waals surface area contributed by atoms with Crippen LogP contribution >= 0.6 is 0 Å². The summed E-state index contributed by atoms with van der Waals surface area (Å²) in [4.78, 5) is 14.1. The lowest BCUT2D eigenvalue weighted by atomic mass is 10.0. The van der Waals surface area contributed by atoms with Gasteiger partial charge in [0.2, 0.25) is 10.0 Å². The normalized spacial score (nSPS) is 14.2. The fraction of sp³-hybridized carbons (Fsp3) is 0.333. The van der Waals surface area contributed by atoms with Crippen LogP contribution in [0, 0.1) is 11.2 Å². The van der Waals surface area contributed by atoms with Gasteiger partial charge in [0.25, 0.3) is 0 Å². The SMILES string of the molecule is CCOC(=O)CS(=O)(=O)N(Cc1ccc2ccc(C(=N)N)cc2c1)c1ccc(N2CCCNCC2)c(F)c1. The number of carbonyl (C=O) groups is 1. The van der Waals surface area contributed by atoms with E-state index in [0.29, 0.717) is 29.9 Å². The summed E-state index contributed by atoms with van der Waals surface area (Å²) in [5.74, 6) is -2.36. The predicted octanol–water partition coefficient (Wildman–Crippen LogP) is 2.96. The summed E-state index contributed by atoms with van der Waals surface area (Å²) in [6.07, 6.45) is 0.870. The molecule has 3 aromatic rings. The first kappa shape index (κ1) is 27.3. The highest BCUT2D eigenvalue weighted by Gasteiger charge is 2.28. The monoisotopic (exact) mass is 541 g/mol. The molecule has 1 aliphatic rings. The minimum absolute atomic E-state index is 0.0471. The summed E-state index contributed by atoms with van der Waals surface area (Å²) in [5.41, 5.74) is 7.31. The number of nitrogens with two attached hydrogens (primary N) is 1. The maximum absolute atomic E-state index is 15.4. The Bertz CT molecular complexity index is 1440. The van der Waals surface area contributed by atoms with Crippen molar-refractivity contribution in [3.05, 3.63) is 71.5 Å². The van der Waals surface area contributed by atoms with Crippen LogP contribution in [0.3, 0.4) is 0 Å². The van der Waals surface area contributed by atoms with E-state index in [1.807, 2.05) is 17.0 Å². The molecule has 1 aliphatic heterocycles. The van der Waals surface area contributed by atoms with E-state index in [1.54, 1.807) is 43.3 Å². The van der Waals surface area contributed by atoms with Crippen molar-refractivity contribution >= 4 is 44.0 Å². The smallest absolute Gasteiger partial charge is 0.323 e. The predicted molar refractivity (Wildman–Crippen MR) is 148 cm³/mol. The number of halogens is 1. The summed E-state index contributed by atoms with van der Waals surface area (Å²) in [6.45, 7) is 4.43. The first-order valence-corrected chi connectivity index (χ1v) is 14.1.